The van der Waals surface area contributed by atoms with Gasteiger partial charge in [0, 0.05) is 37.3 Å². The maximum absolute atomic E-state index is 12.7. The summed E-state index contributed by atoms with van der Waals surface area (Å²) in [5.41, 5.74) is 1.89. The normalized spacial score (nSPS) is 25.2. The molecule has 0 unspecified atom stereocenters. The fourth-order valence-electron chi connectivity index (χ4n) is 3.43. The standard InChI is InChI=1S/C16H25N3OS/c1-13-4-7-19(8-5-13)16(20)14-3-2-6-18(10-14)11-15-9-17-12-21-15/h9,12-14H,2-8,10-11H2,1H3/t14-/m0/s1. The first kappa shape index (κ1) is 15.0. The molecule has 116 valence electrons. The molecule has 2 fully saturated rings. The van der Waals surface area contributed by atoms with Gasteiger partial charge in [0.05, 0.1) is 11.4 Å². The molecule has 0 N–H and O–H groups in total. The second-order valence-electron chi connectivity index (χ2n) is 6.55. The van der Waals surface area contributed by atoms with Gasteiger partial charge in [-0.1, -0.05) is 6.92 Å². The van der Waals surface area contributed by atoms with Crippen LogP contribution in [0.4, 0.5) is 0 Å². The molecule has 0 aliphatic carbocycles. The van der Waals surface area contributed by atoms with E-state index in [1.165, 1.54) is 17.7 Å². The lowest BCUT2D eigenvalue weighted by Crippen LogP contribution is -2.46. The molecule has 3 rings (SSSR count). The van der Waals surface area contributed by atoms with Gasteiger partial charge < -0.3 is 4.90 Å². The third-order valence-corrected chi connectivity index (χ3v) is 5.58. The topological polar surface area (TPSA) is 36.4 Å². The third-order valence-electron chi connectivity index (χ3n) is 4.81. The molecule has 5 heteroatoms. The van der Waals surface area contributed by atoms with Crippen molar-refractivity contribution in [2.45, 2.75) is 39.2 Å². The molecule has 1 aromatic rings. The second-order valence-corrected chi connectivity index (χ2v) is 7.52. The van der Waals surface area contributed by atoms with E-state index in [9.17, 15) is 4.79 Å². The van der Waals surface area contributed by atoms with Crippen molar-refractivity contribution >= 4 is 17.2 Å². The van der Waals surface area contributed by atoms with Crippen molar-refractivity contribution < 1.29 is 4.79 Å². The van der Waals surface area contributed by atoms with Gasteiger partial charge in [0.15, 0.2) is 0 Å². The van der Waals surface area contributed by atoms with Crippen LogP contribution in [0.15, 0.2) is 11.7 Å². The van der Waals surface area contributed by atoms with Gasteiger partial charge in [-0.3, -0.25) is 14.7 Å². The highest BCUT2D eigenvalue weighted by Crippen LogP contribution is 2.24. The van der Waals surface area contributed by atoms with E-state index < -0.39 is 0 Å². The number of carbonyl (C=O) groups is 1. The fourth-order valence-corrected chi connectivity index (χ4v) is 4.06. The molecule has 3 heterocycles. The Labute approximate surface area is 131 Å². The van der Waals surface area contributed by atoms with E-state index in [-0.39, 0.29) is 5.92 Å². The van der Waals surface area contributed by atoms with E-state index in [2.05, 4.69) is 21.7 Å². The molecule has 2 aliphatic heterocycles. The summed E-state index contributed by atoms with van der Waals surface area (Å²) in [6.07, 6.45) is 6.48. The minimum absolute atomic E-state index is 0.208. The molecular formula is C16H25N3OS. The Hall–Kier alpha value is -0.940. The Bertz CT molecular complexity index is 454. The van der Waals surface area contributed by atoms with E-state index in [1.54, 1.807) is 11.3 Å². The van der Waals surface area contributed by atoms with Gasteiger partial charge in [0.1, 0.15) is 0 Å². The average molecular weight is 307 g/mol. The summed E-state index contributed by atoms with van der Waals surface area (Å²) in [5.74, 6) is 1.39. The van der Waals surface area contributed by atoms with Crippen molar-refractivity contribution in [2.75, 3.05) is 26.2 Å². The minimum Gasteiger partial charge on any atom is -0.342 e. The summed E-state index contributed by atoms with van der Waals surface area (Å²) >= 11 is 1.71. The van der Waals surface area contributed by atoms with E-state index in [0.717, 1.165) is 51.5 Å². The van der Waals surface area contributed by atoms with Crippen molar-refractivity contribution in [3.05, 3.63) is 16.6 Å². The van der Waals surface area contributed by atoms with Crippen LogP contribution in [0.25, 0.3) is 0 Å². The van der Waals surface area contributed by atoms with Crippen molar-refractivity contribution in [3.8, 4) is 0 Å². The smallest absolute Gasteiger partial charge is 0.226 e. The molecule has 0 spiro atoms. The number of hydrogen-bond donors (Lipinski definition) is 0. The first-order chi connectivity index (χ1) is 10.2. The quantitative estimate of drug-likeness (QED) is 0.861. The fraction of sp³-hybridized carbons (Fsp3) is 0.750. The Kier molecular flexibility index (Phi) is 4.91. The molecule has 0 aromatic carbocycles. The van der Waals surface area contributed by atoms with Gasteiger partial charge in [0.2, 0.25) is 5.91 Å². The molecule has 1 atom stereocenters. The first-order valence-corrected chi connectivity index (χ1v) is 8.99. The number of amides is 1. The maximum atomic E-state index is 12.7. The highest BCUT2D eigenvalue weighted by Gasteiger charge is 2.30. The van der Waals surface area contributed by atoms with Crippen molar-refractivity contribution in [3.63, 3.8) is 0 Å². The Morgan fingerprint density at radius 2 is 2.14 bits per heavy atom. The molecule has 0 radical (unpaired) electrons. The van der Waals surface area contributed by atoms with Crippen LogP contribution in [0.2, 0.25) is 0 Å². The number of piperidine rings is 2. The van der Waals surface area contributed by atoms with E-state index in [1.807, 2.05) is 11.7 Å². The summed E-state index contributed by atoms with van der Waals surface area (Å²) in [6, 6.07) is 0. The van der Waals surface area contributed by atoms with Gasteiger partial charge in [-0.05, 0) is 38.1 Å². The van der Waals surface area contributed by atoms with Crippen LogP contribution in [-0.4, -0.2) is 46.9 Å². The summed E-state index contributed by atoms with van der Waals surface area (Å²) in [5, 5.41) is 0. The van der Waals surface area contributed by atoms with Crippen LogP contribution in [0.3, 0.4) is 0 Å². The third kappa shape index (κ3) is 3.83. The number of thiazole rings is 1. The zero-order valence-corrected chi connectivity index (χ0v) is 13.6. The molecule has 0 bridgehead atoms. The summed E-state index contributed by atoms with van der Waals surface area (Å²) < 4.78 is 0. The number of aromatic nitrogens is 1. The second kappa shape index (κ2) is 6.88. The van der Waals surface area contributed by atoms with Gasteiger partial charge in [-0.25, -0.2) is 0 Å². The maximum Gasteiger partial charge on any atom is 0.226 e. The number of hydrogen-bond acceptors (Lipinski definition) is 4. The predicted molar refractivity (Wildman–Crippen MR) is 85.1 cm³/mol. The van der Waals surface area contributed by atoms with Crippen LogP contribution in [-0.2, 0) is 11.3 Å². The highest BCUT2D eigenvalue weighted by atomic mass is 32.1. The van der Waals surface area contributed by atoms with Gasteiger partial charge in [0.25, 0.3) is 0 Å². The summed E-state index contributed by atoms with van der Waals surface area (Å²) in [6.45, 7) is 7.20. The minimum atomic E-state index is 0.208. The van der Waals surface area contributed by atoms with Crippen molar-refractivity contribution in [1.82, 2.24) is 14.8 Å². The van der Waals surface area contributed by atoms with Crippen LogP contribution in [0.1, 0.15) is 37.5 Å². The number of carbonyl (C=O) groups excluding carboxylic acids is 1. The van der Waals surface area contributed by atoms with Gasteiger partial charge in [-0.2, -0.15) is 0 Å². The lowest BCUT2D eigenvalue weighted by molar-refractivity contribution is -0.138. The lowest BCUT2D eigenvalue weighted by atomic mass is 9.93. The highest BCUT2D eigenvalue weighted by molar-refractivity contribution is 7.09. The monoisotopic (exact) mass is 307 g/mol. The molecule has 2 saturated heterocycles. The summed E-state index contributed by atoms with van der Waals surface area (Å²) in [7, 11) is 0. The first-order valence-electron chi connectivity index (χ1n) is 8.11. The van der Waals surface area contributed by atoms with Crippen LogP contribution < -0.4 is 0 Å². The Morgan fingerprint density at radius 3 is 2.86 bits per heavy atom. The van der Waals surface area contributed by atoms with Gasteiger partial charge in [-0.15, -0.1) is 11.3 Å². The molecule has 0 saturated carbocycles. The van der Waals surface area contributed by atoms with Crippen molar-refractivity contribution in [1.29, 1.82) is 0 Å². The number of likely N-dealkylation sites (tertiary alicyclic amines) is 2. The Balaban J connectivity index is 1.54. The lowest BCUT2D eigenvalue weighted by Gasteiger charge is -2.37. The van der Waals surface area contributed by atoms with Crippen LogP contribution in [0, 0.1) is 11.8 Å². The van der Waals surface area contributed by atoms with Gasteiger partial charge >= 0.3 is 0 Å². The molecule has 2 aliphatic rings. The van der Waals surface area contributed by atoms with E-state index in [4.69, 9.17) is 0 Å². The van der Waals surface area contributed by atoms with Crippen LogP contribution >= 0.6 is 11.3 Å². The largest absolute Gasteiger partial charge is 0.342 e. The molecular weight excluding hydrogens is 282 g/mol. The van der Waals surface area contributed by atoms with E-state index in [0.29, 0.717) is 5.91 Å². The number of nitrogens with zero attached hydrogens (tertiary/aromatic N) is 3. The predicted octanol–water partition coefficient (Wildman–Crippen LogP) is 2.61. The Morgan fingerprint density at radius 1 is 1.33 bits per heavy atom. The zero-order valence-electron chi connectivity index (χ0n) is 12.8. The molecule has 4 nitrogen and oxygen atoms in total. The zero-order chi connectivity index (χ0) is 14.7. The molecule has 1 aromatic heterocycles. The number of rotatable bonds is 3. The van der Waals surface area contributed by atoms with Crippen molar-refractivity contribution in [2.24, 2.45) is 11.8 Å². The average Bonchev–Trinajstić information content (AvgIpc) is 3.00. The van der Waals surface area contributed by atoms with E-state index >= 15 is 0 Å². The summed E-state index contributed by atoms with van der Waals surface area (Å²) in [4.78, 5) is 22.7. The molecule has 1 amide bonds. The SMILES string of the molecule is CC1CCN(C(=O)[C@H]2CCCN(Cc3cncs3)C2)CC1. The molecule has 21 heavy (non-hydrogen) atoms. The van der Waals surface area contributed by atoms with Crippen LogP contribution in [0.5, 0.6) is 0 Å².